The SMILES string of the molecule is Cc1cc(NC(=O)c2cccc(F)c2)sc1C(=O)N(C)[C@@H]1[C@@H]2CCO[C@H]2C1(C)C. The minimum Gasteiger partial charge on any atom is -0.377 e. The van der Waals surface area contributed by atoms with E-state index in [0.717, 1.165) is 18.6 Å². The second-order valence-electron chi connectivity index (χ2n) is 8.51. The molecule has 2 aliphatic rings. The number of halogens is 1. The van der Waals surface area contributed by atoms with Gasteiger partial charge in [-0.05, 0) is 43.2 Å². The highest BCUT2D eigenvalue weighted by atomic mass is 32.1. The number of benzene rings is 1. The largest absolute Gasteiger partial charge is 0.377 e. The van der Waals surface area contributed by atoms with E-state index in [1.54, 1.807) is 12.1 Å². The van der Waals surface area contributed by atoms with E-state index in [4.69, 9.17) is 4.74 Å². The van der Waals surface area contributed by atoms with E-state index in [2.05, 4.69) is 19.2 Å². The predicted octanol–water partition coefficient (Wildman–Crippen LogP) is 4.33. The molecule has 0 bridgehead atoms. The molecule has 5 nitrogen and oxygen atoms in total. The highest BCUT2D eigenvalue weighted by molar-refractivity contribution is 7.18. The third kappa shape index (κ3) is 3.36. The lowest BCUT2D eigenvalue weighted by atomic mass is 9.57. The number of amides is 2. The minimum atomic E-state index is -0.463. The Hall–Kier alpha value is -2.25. The van der Waals surface area contributed by atoms with Gasteiger partial charge in [0.2, 0.25) is 0 Å². The summed E-state index contributed by atoms with van der Waals surface area (Å²) in [4.78, 5) is 28.1. The molecule has 2 aromatic rings. The average molecular weight is 417 g/mol. The van der Waals surface area contributed by atoms with Gasteiger partial charge in [-0.25, -0.2) is 4.39 Å². The molecule has 1 saturated heterocycles. The van der Waals surface area contributed by atoms with Crippen LogP contribution in [0.15, 0.2) is 30.3 Å². The Balaban J connectivity index is 1.50. The van der Waals surface area contributed by atoms with Crippen molar-refractivity contribution in [2.45, 2.75) is 39.3 Å². The highest BCUT2D eigenvalue weighted by Gasteiger charge is 2.61. The Morgan fingerprint density at radius 3 is 2.79 bits per heavy atom. The van der Waals surface area contributed by atoms with Crippen molar-refractivity contribution < 1.29 is 18.7 Å². The van der Waals surface area contributed by atoms with E-state index >= 15 is 0 Å². The van der Waals surface area contributed by atoms with Crippen LogP contribution in [0.1, 0.15) is 45.9 Å². The van der Waals surface area contributed by atoms with Crippen molar-refractivity contribution in [2.75, 3.05) is 19.0 Å². The van der Waals surface area contributed by atoms with Gasteiger partial charge in [-0.2, -0.15) is 0 Å². The molecule has 0 unspecified atom stereocenters. The number of nitrogens with zero attached hydrogens (tertiary/aromatic N) is 1. The number of aryl methyl sites for hydroxylation is 1. The Labute approximate surface area is 173 Å². The zero-order chi connectivity index (χ0) is 20.9. The summed E-state index contributed by atoms with van der Waals surface area (Å²) < 4.78 is 19.2. The topological polar surface area (TPSA) is 58.6 Å². The first-order valence-electron chi connectivity index (χ1n) is 9.76. The fraction of sp³-hybridized carbons (Fsp3) is 0.455. The summed E-state index contributed by atoms with van der Waals surface area (Å²) in [7, 11) is 1.85. The number of hydrogen-bond donors (Lipinski definition) is 1. The molecule has 2 fully saturated rings. The number of carbonyl (C=O) groups excluding carboxylic acids is 2. The quantitative estimate of drug-likeness (QED) is 0.807. The van der Waals surface area contributed by atoms with Crippen molar-refractivity contribution in [3.63, 3.8) is 0 Å². The monoisotopic (exact) mass is 416 g/mol. The molecule has 3 atom stereocenters. The summed E-state index contributed by atoms with van der Waals surface area (Å²) in [5.41, 5.74) is 0.979. The average Bonchev–Trinajstić information content (AvgIpc) is 3.26. The molecule has 29 heavy (non-hydrogen) atoms. The van der Waals surface area contributed by atoms with Crippen LogP contribution in [0.3, 0.4) is 0 Å². The van der Waals surface area contributed by atoms with Crippen LogP contribution in [0.5, 0.6) is 0 Å². The van der Waals surface area contributed by atoms with Crippen molar-refractivity contribution in [3.8, 4) is 0 Å². The molecule has 1 saturated carbocycles. The first-order chi connectivity index (χ1) is 13.7. The molecule has 1 aliphatic carbocycles. The number of thiophene rings is 1. The van der Waals surface area contributed by atoms with Crippen LogP contribution < -0.4 is 5.32 Å². The Morgan fingerprint density at radius 2 is 2.07 bits per heavy atom. The zero-order valence-corrected chi connectivity index (χ0v) is 17.8. The molecule has 2 heterocycles. The fourth-order valence-corrected chi connectivity index (χ4v) is 5.99. The van der Waals surface area contributed by atoms with Crippen molar-refractivity contribution in [1.82, 2.24) is 4.90 Å². The maximum absolute atomic E-state index is 13.4. The lowest BCUT2D eigenvalue weighted by Crippen LogP contribution is -2.66. The molecule has 1 aromatic carbocycles. The first-order valence-corrected chi connectivity index (χ1v) is 10.6. The summed E-state index contributed by atoms with van der Waals surface area (Å²) in [6.45, 7) is 6.92. The number of ether oxygens (including phenoxy) is 1. The fourth-order valence-electron chi connectivity index (χ4n) is 4.94. The summed E-state index contributed by atoms with van der Waals surface area (Å²) in [5.74, 6) is -0.521. The number of hydrogen-bond acceptors (Lipinski definition) is 4. The lowest BCUT2D eigenvalue weighted by molar-refractivity contribution is -0.139. The van der Waals surface area contributed by atoms with Crippen LogP contribution >= 0.6 is 11.3 Å². The first kappa shape index (κ1) is 20.0. The van der Waals surface area contributed by atoms with Gasteiger partial charge in [0, 0.05) is 36.6 Å². The third-order valence-corrected chi connectivity index (χ3v) is 7.35. The molecule has 1 N–H and O–H groups in total. The van der Waals surface area contributed by atoms with Gasteiger partial charge in [-0.15, -0.1) is 11.3 Å². The smallest absolute Gasteiger partial charge is 0.264 e. The van der Waals surface area contributed by atoms with Crippen LogP contribution in [0.25, 0.3) is 0 Å². The Bertz CT molecular complexity index is 971. The molecule has 1 aromatic heterocycles. The van der Waals surface area contributed by atoms with E-state index in [1.807, 2.05) is 18.9 Å². The number of carbonyl (C=O) groups is 2. The molecule has 7 heteroatoms. The molecular formula is C22H25FN2O3S. The zero-order valence-electron chi connectivity index (χ0n) is 17.0. The molecule has 1 aliphatic heterocycles. The van der Waals surface area contributed by atoms with Gasteiger partial charge in [0.1, 0.15) is 5.82 Å². The molecule has 154 valence electrons. The van der Waals surface area contributed by atoms with Crippen molar-refractivity contribution in [3.05, 3.63) is 52.2 Å². The number of nitrogens with one attached hydrogen (secondary N) is 1. The summed E-state index contributed by atoms with van der Waals surface area (Å²) in [5, 5.41) is 3.35. The summed E-state index contributed by atoms with van der Waals surface area (Å²) in [6.07, 6.45) is 1.20. The second-order valence-corrected chi connectivity index (χ2v) is 9.57. The van der Waals surface area contributed by atoms with Gasteiger partial charge < -0.3 is 15.0 Å². The Morgan fingerprint density at radius 1 is 1.31 bits per heavy atom. The molecule has 0 spiro atoms. The molecule has 0 radical (unpaired) electrons. The summed E-state index contributed by atoms with van der Waals surface area (Å²) in [6, 6.07) is 7.45. The number of anilines is 1. The lowest BCUT2D eigenvalue weighted by Gasteiger charge is -2.57. The van der Waals surface area contributed by atoms with Crippen LogP contribution in [0.2, 0.25) is 0 Å². The van der Waals surface area contributed by atoms with E-state index in [0.29, 0.717) is 15.8 Å². The number of fused-ring (bicyclic) bond motifs is 1. The normalized spacial score (nSPS) is 24.5. The van der Waals surface area contributed by atoms with Gasteiger partial charge in [-0.3, -0.25) is 9.59 Å². The highest BCUT2D eigenvalue weighted by Crippen LogP contribution is 2.54. The second kappa shape index (κ2) is 7.22. The van der Waals surface area contributed by atoms with Gasteiger partial charge in [0.25, 0.3) is 11.8 Å². The van der Waals surface area contributed by atoms with Crippen LogP contribution in [0, 0.1) is 24.1 Å². The van der Waals surface area contributed by atoms with Crippen molar-refractivity contribution >= 4 is 28.2 Å². The Kier molecular flexibility index (Phi) is 4.99. The van der Waals surface area contributed by atoms with Gasteiger partial charge >= 0.3 is 0 Å². The standard InChI is InChI=1S/C22H25FN2O3S/c1-12-10-16(24-20(26)13-6-5-7-14(23)11-13)29-17(12)21(27)25(4)18-15-8-9-28-19(15)22(18,2)3/h5-7,10-11,15,18-19H,8-9H2,1-4H3,(H,24,26)/t15-,18+,19+/m0/s1. The molecule has 4 rings (SSSR count). The molecule has 2 amide bonds. The molecular weight excluding hydrogens is 391 g/mol. The van der Waals surface area contributed by atoms with Crippen LogP contribution in [-0.2, 0) is 4.74 Å². The maximum atomic E-state index is 13.4. The van der Waals surface area contributed by atoms with E-state index in [9.17, 15) is 14.0 Å². The number of rotatable bonds is 4. The maximum Gasteiger partial charge on any atom is 0.264 e. The predicted molar refractivity (Wildman–Crippen MR) is 111 cm³/mol. The van der Waals surface area contributed by atoms with Crippen molar-refractivity contribution in [2.24, 2.45) is 11.3 Å². The van der Waals surface area contributed by atoms with E-state index < -0.39 is 11.7 Å². The summed E-state index contributed by atoms with van der Waals surface area (Å²) >= 11 is 1.25. The van der Waals surface area contributed by atoms with Gasteiger partial charge in [0.05, 0.1) is 16.0 Å². The van der Waals surface area contributed by atoms with Gasteiger partial charge in [-0.1, -0.05) is 19.9 Å². The third-order valence-electron chi connectivity index (χ3n) is 6.21. The van der Waals surface area contributed by atoms with E-state index in [1.165, 1.54) is 29.5 Å². The van der Waals surface area contributed by atoms with Crippen LogP contribution in [0.4, 0.5) is 9.39 Å². The van der Waals surface area contributed by atoms with Crippen LogP contribution in [-0.4, -0.2) is 42.5 Å². The van der Waals surface area contributed by atoms with Crippen molar-refractivity contribution in [1.29, 1.82) is 0 Å². The van der Waals surface area contributed by atoms with Gasteiger partial charge in [0.15, 0.2) is 0 Å². The minimum absolute atomic E-state index is 0.0396. The van der Waals surface area contributed by atoms with E-state index in [-0.39, 0.29) is 29.0 Å².